The van der Waals surface area contributed by atoms with E-state index < -0.39 is 0 Å². The largest absolute Gasteiger partial charge is 0.359 e. The van der Waals surface area contributed by atoms with Gasteiger partial charge in [0.2, 0.25) is 5.91 Å². The van der Waals surface area contributed by atoms with E-state index in [-0.39, 0.29) is 17.7 Å². The van der Waals surface area contributed by atoms with Crippen LogP contribution in [0.15, 0.2) is 52.6 Å². The number of rotatable bonds is 4. The number of carbonyl (C=O) groups excluding carboxylic acids is 1. The van der Waals surface area contributed by atoms with Gasteiger partial charge in [-0.15, -0.1) is 11.3 Å². The predicted octanol–water partition coefficient (Wildman–Crippen LogP) is 4.83. The molecule has 0 aliphatic heterocycles. The van der Waals surface area contributed by atoms with Gasteiger partial charge in [0.15, 0.2) is 5.82 Å². The molecule has 4 rings (SSSR count). The first-order chi connectivity index (χ1) is 13.4. The molecule has 0 spiro atoms. The summed E-state index contributed by atoms with van der Waals surface area (Å²) in [5.41, 5.74) is 3.62. The lowest BCUT2D eigenvalue weighted by Gasteiger charge is -2.12. The van der Waals surface area contributed by atoms with Crippen molar-refractivity contribution >= 4 is 33.3 Å². The van der Waals surface area contributed by atoms with Gasteiger partial charge in [0.1, 0.15) is 12.1 Å². The third kappa shape index (κ3) is 3.80. The molecule has 0 bridgehead atoms. The van der Waals surface area contributed by atoms with Gasteiger partial charge in [-0.1, -0.05) is 50.2 Å². The van der Waals surface area contributed by atoms with Crippen LogP contribution in [-0.4, -0.2) is 21.0 Å². The maximum absolute atomic E-state index is 12.3. The monoisotopic (exact) mass is 392 g/mol. The smallest absolute Gasteiger partial charge is 0.230 e. The minimum atomic E-state index is -0.152. The number of hydrogen-bond donors (Lipinski definition) is 1. The van der Waals surface area contributed by atoms with Crippen LogP contribution in [-0.2, 0) is 16.6 Å². The van der Waals surface area contributed by atoms with Gasteiger partial charge in [0.05, 0.1) is 22.3 Å². The molecule has 1 aromatic carbocycles. The van der Waals surface area contributed by atoms with Crippen molar-refractivity contribution in [3.05, 3.63) is 59.4 Å². The van der Waals surface area contributed by atoms with Gasteiger partial charge in [-0.2, -0.15) is 0 Å². The summed E-state index contributed by atoms with van der Waals surface area (Å²) in [5.74, 6) is 1.04. The highest BCUT2D eigenvalue weighted by Crippen LogP contribution is 2.29. The number of thiophene rings is 1. The molecule has 1 amide bonds. The lowest BCUT2D eigenvalue weighted by Crippen LogP contribution is -2.14. The fourth-order valence-corrected chi connectivity index (χ4v) is 3.69. The number of amides is 1. The van der Waals surface area contributed by atoms with E-state index >= 15 is 0 Å². The highest BCUT2D eigenvalue weighted by molar-refractivity contribution is 7.17. The maximum atomic E-state index is 12.3. The Hall–Kier alpha value is -3.06. The van der Waals surface area contributed by atoms with E-state index in [1.54, 1.807) is 23.7 Å². The molecule has 1 N–H and O–H groups in total. The quantitative estimate of drug-likeness (QED) is 0.538. The minimum Gasteiger partial charge on any atom is -0.359 e. The number of anilines is 1. The Kier molecular flexibility index (Phi) is 4.68. The van der Waals surface area contributed by atoms with Gasteiger partial charge in [0.25, 0.3) is 0 Å². The highest BCUT2D eigenvalue weighted by atomic mass is 32.1. The molecule has 0 saturated carbocycles. The van der Waals surface area contributed by atoms with Gasteiger partial charge in [-0.05, 0) is 17.0 Å². The molecule has 7 heteroatoms. The van der Waals surface area contributed by atoms with Crippen molar-refractivity contribution in [3.8, 4) is 11.3 Å². The summed E-state index contributed by atoms with van der Waals surface area (Å²) in [6, 6.07) is 11.6. The Morgan fingerprint density at radius 1 is 1.14 bits per heavy atom. The van der Waals surface area contributed by atoms with Crippen molar-refractivity contribution in [2.45, 2.75) is 32.6 Å². The fourth-order valence-electron chi connectivity index (χ4n) is 2.83. The van der Waals surface area contributed by atoms with Crippen molar-refractivity contribution in [2.75, 3.05) is 5.32 Å². The van der Waals surface area contributed by atoms with E-state index in [9.17, 15) is 4.79 Å². The first-order valence-corrected chi connectivity index (χ1v) is 9.83. The standard InChI is InChI=1S/C21H20N4O2S/c1-21(2,3)16-11-17(25-27-16)24-18(26)10-13-4-6-14(7-5-13)19-20-15(8-9-28-20)22-12-23-19/h4-9,11-12H,10H2,1-3H3,(H,24,25,26). The molecular formula is C21H20N4O2S. The van der Waals surface area contributed by atoms with E-state index in [2.05, 4.69) is 20.4 Å². The summed E-state index contributed by atoms with van der Waals surface area (Å²) < 4.78 is 6.36. The molecule has 28 heavy (non-hydrogen) atoms. The zero-order chi connectivity index (χ0) is 19.7. The van der Waals surface area contributed by atoms with Crippen molar-refractivity contribution in [3.63, 3.8) is 0 Å². The van der Waals surface area contributed by atoms with Crippen LogP contribution >= 0.6 is 11.3 Å². The summed E-state index contributed by atoms with van der Waals surface area (Å²) in [5, 5.41) is 8.72. The van der Waals surface area contributed by atoms with E-state index in [1.165, 1.54) is 0 Å². The van der Waals surface area contributed by atoms with Gasteiger partial charge < -0.3 is 9.84 Å². The Labute approximate surface area is 166 Å². The Morgan fingerprint density at radius 3 is 2.64 bits per heavy atom. The zero-order valence-electron chi connectivity index (χ0n) is 15.9. The third-order valence-corrected chi connectivity index (χ3v) is 5.26. The zero-order valence-corrected chi connectivity index (χ0v) is 16.7. The normalized spacial score (nSPS) is 11.7. The molecule has 6 nitrogen and oxygen atoms in total. The molecule has 0 aliphatic rings. The van der Waals surface area contributed by atoms with Gasteiger partial charge in [0, 0.05) is 17.0 Å². The van der Waals surface area contributed by atoms with E-state index in [0.29, 0.717) is 5.82 Å². The van der Waals surface area contributed by atoms with Crippen LogP contribution < -0.4 is 5.32 Å². The summed E-state index contributed by atoms with van der Waals surface area (Å²) in [4.78, 5) is 21.0. The van der Waals surface area contributed by atoms with Crippen LogP contribution in [0.5, 0.6) is 0 Å². The van der Waals surface area contributed by atoms with Gasteiger partial charge >= 0.3 is 0 Å². The summed E-state index contributed by atoms with van der Waals surface area (Å²) in [7, 11) is 0. The Balaban J connectivity index is 1.45. The summed E-state index contributed by atoms with van der Waals surface area (Å²) in [6.45, 7) is 6.09. The van der Waals surface area contributed by atoms with E-state index in [4.69, 9.17) is 4.52 Å². The van der Waals surface area contributed by atoms with Crippen molar-refractivity contribution in [1.82, 2.24) is 15.1 Å². The number of carbonyl (C=O) groups is 1. The van der Waals surface area contributed by atoms with E-state index in [0.717, 1.165) is 32.8 Å². The second kappa shape index (κ2) is 7.16. The van der Waals surface area contributed by atoms with Crippen molar-refractivity contribution in [1.29, 1.82) is 0 Å². The lowest BCUT2D eigenvalue weighted by atomic mass is 9.93. The molecular weight excluding hydrogens is 372 g/mol. The highest BCUT2D eigenvalue weighted by Gasteiger charge is 2.20. The third-order valence-electron chi connectivity index (χ3n) is 4.35. The molecule has 0 aliphatic carbocycles. The molecule has 0 fully saturated rings. The minimum absolute atomic E-state index is 0.135. The molecule has 3 heterocycles. The predicted molar refractivity (Wildman–Crippen MR) is 110 cm³/mol. The summed E-state index contributed by atoms with van der Waals surface area (Å²) in [6.07, 6.45) is 1.84. The molecule has 0 atom stereocenters. The van der Waals surface area contributed by atoms with Crippen molar-refractivity contribution < 1.29 is 9.32 Å². The lowest BCUT2D eigenvalue weighted by molar-refractivity contribution is -0.115. The van der Waals surface area contributed by atoms with Crippen molar-refractivity contribution in [2.24, 2.45) is 0 Å². The molecule has 142 valence electrons. The first-order valence-electron chi connectivity index (χ1n) is 8.95. The average molecular weight is 392 g/mol. The number of benzene rings is 1. The van der Waals surface area contributed by atoms with Crippen LogP contribution in [0.4, 0.5) is 5.82 Å². The average Bonchev–Trinajstić information content (AvgIpc) is 3.31. The molecule has 4 aromatic rings. The van der Waals surface area contributed by atoms with Crippen LogP contribution in [0.1, 0.15) is 32.1 Å². The summed E-state index contributed by atoms with van der Waals surface area (Å²) >= 11 is 1.62. The van der Waals surface area contributed by atoms with Crippen LogP contribution in [0, 0.1) is 0 Å². The number of fused-ring (bicyclic) bond motifs is 1. The second-order valence-corrected chi connectivity index (χ2v) is 8.52. The topological polar surface area (TPSA) is 80.9 Å². The fraction of sp³-hybridized carbons (Fsp3) is 0.238. The van der Waals surface area contributed by atoms with E-state index in [1.807, 2.05) is 56.5 Å². The van der Waals surface area contributed by atoms with Crippen LogP contribution in [0.2, 0.25) is 0 Å². The molecule has 0 unspecified atom stereocenters. The number of nitrogens with one attached hydrogen (secondary N) is 1. The maximum Gasteiger partial charge on any atom is 0.230 e. The van der Waals surface area contributed by atoms with Gasteiger partial charge in [-0.3, -0.25) is 4.79 Å². The molecule has 0 saturated heterocycles. The molecule has 0 radical (unpaired) electrons. The number of hydrogen-bond acceptors (Lipinski definition) is 6. The van der Waals surface area contributed by atoms with Crippen LogP contribution in [0.3, 0.4) is 0 Å². The number of nitrogens with zero attached hydrogens (tertiary/aromatic N) is 3. The van der Waals surface area contributed by atoms with Crippen LogP contribution in [0.25, 0.3) is 21.5 Å². The molecule has 3 aromatic heterocycles. The Morgan fingerprint density at radius 2 is 1.93 bits per heavy atom. The number of aromatic nitrogens is 3. The van der Waals surface area contributed by atoms with Gasteiger partial charge in [-0.25, -0.2) is 9.97 Å². The Bertz CT molecular complexity index is 1120. The SMILES string of the molecule is CC(C)(C)c1cc(NC(=O)Cc2ccc(-c3ncnc4ccsc34)cc2)no1. The second-order valence-electron chi connectivity index (χ2n) is 7.61. The first kappa shape index (κ1) is 18.3.